The Bertz CT molecular complexity index is 417. The van der Waals surface area contributed by atoms with Gasteiger partial charge in [0.15, 0.2) is 0 Å². The van der Waals surface area contributed by atoms with E-state index in [2.05, 4.69) is 16.3 Å². The van der Waals surface area contributed by atoms with Crippen LogP contribution in [-0.2, 0) is 4.74 Å². The van der Waals surface area contributed by atoms with Crippen molar-refractivity contribution in [1.29, 1.82) is 0 Å². The van der Waals surface area contributed by atoms with Crippen LogP contribution in [-0.4, -0.2) is 16.8 Å². The summed E-state index contributed by atoms with van der Waals surface area (Å²) in [6, 6.07) is 6.16. The van der Waals surface area contributed by atoms with Crippen LogP contribution in [0.25, 0.3) is 10.9 Å². The normalized spacial score (nSPS) is 21.5. The molecular formula is C9H8N2O. The third kappa shape index (κ3) is 0.769. The van der Waals surface area contributed by atoms with Gasteiger partial charge in [-0.3, -0.25) is 5.10 Å². The summed E-state index contributed by atoms with van der Waals surface area (Å²) < 4.78 is 5.22. The maximum Gasteiger partial charge on any atom is 0.108 e. The molecule has 0 radical (unpaired) electrons. The lowest BCUT2D eigenvalue weighted by molar-refractivity contribution is 0.416. The first-order chi connectivity index (χ1) is 5.95. The van der Waals surface area contributed by atoms with Gasteiger partial charge in [0.25, 0.3) is 0 Å². The molecule has 1 aromatic heterocycles. The second-order valence-corrected chi connectivity index (χ2v) is 3.00. The lowest BCUT2D eigenvalue weighted by Crippen LogP contribution is -1.82. The number of para-hydroxylation sites is 1. The number of fused-ring (bicyclic) bond motifs is 1. The molecule has 1 saturated heterocycles. The predicted molar refractivity (Wildman–Crippen MR) is 44.8 cm³/mol. The van der Waals surface area contributed by atoms with E-state index in [1.54, 1.807) is 0 Å². The second-order valence-electron chi connectivity index (χ2n) is 3.00. The molecule has 12 heavy (non-hydrogen) atoms. The molecule has 3 heteroatoms. The molecule has 2 heterocycles. The molecule has 1 N–H and O–H groups in total. The minimum absolute atomic E-state index is 0.300. The summed E-state index contributed by atoms with van der Waals surface area (Å²) in [7, 11) is 0. The SMILES string of the molecule is c1cc([C@H]2CO2)c2[nH]ncc2c1. The fraction of sp³-hybridized carbons (Fsp3) is 0.222. The quantitative estimate of drug-likeness (QED) is 0.644. The standard InChI is InChI=1S/C9H8N2O/c1-2-6-4-10-11-9(6)7(3-1)8-5-12-8/h1-4,8H,5H2,(H,10,11)/t8-/m1/s1. The monoisotopic (exact) mass is 160 g/mol. The maximum absolute atomic E-state index is 5.22. The zero-order valence-corrected chi connectivity index (χ0v) is 6.45. The predicted octanol–water partition coefficient (Wildman–Crippen LogP) is 1.63. The van der Waals surface area contributed by atoms with Crippen molar-refractivity contribution in [1.82, 2.24) is 10.2 Å². The smallest absolute Gasteiger partial charge is 0.108 e. The highest BCUT2D eigenvalue weighted by Crippen LogP contribution is 2.33. The van der Waals surface area contributed by atoms with E-state index in [9.17, 15) is 0 Å². The van der Waals surface area contributed by atoms with Crippen molar-refractivity contribution in [3.8, 4) is 0 Å². The van der Waals surface area contributed by atoms with Crippen LogP contribution in [0.3, 0.4) is 0 Å². The number of rotatable bonds is 1. The third-order valence-corrected chi connectivity index (χ3v) is 2.19. The molecule has 1 aliphatic rings. The van der Waals surface area contributed by atoms with Crippen molar-refractivity contribution >= 4 is 10.9 Å². The Morgan fingerprint density at radius 2 is 2.42 bits per heavy atom. The van der Waals surface area contributed by atoms with Gasteiger partial charge < -0.3 is 4.74 Å². The highest BCUT2D eigenvalue weighted by molar-refractivity contribution is 5.81. The Balaban J connectivity index is 2.32. The van der Waals surface area contributed by atoms with E-state index in [0.29, 0.717) is 6.10 Å². The van der Waals surface area contributed by atoms with Crippen LogP contribution in [0.5, 0.6) is 0 Å². The average molecular weight is 160 g/mol. The maximum atomic E-state index is 5.22. The highest BCUT2D eigenvalue weighted by atomic mass is 16.6. The molecule has 3 nitrogen and oxygen atoms in total. The van der Waals surface area contributed by atoms with E-state index in [1.807, 2.05) is 18.3 Å². The second kappa shape index (κ2) is 2.08. The number of aromatic amines is 1. The minimum Gasteiger partial charge on any atom is -0.368 e. The van der Waals surface area contributed by atoms with Gasteiger partial charge in [-0.25, -0.2) is 0 Å². The third-order valence-electron chi connectivity index (χ3n) is 2.19. The van der Waals surface area contributed by atoms with Gasteiger partial charge in [-0.15, -0.1) is 0 Å². The largest absolute Gasteiger partial charge is 0.368 e. The molecule has 60 valence electrons. The lowest BCUT2D eigenvalue weighted by atomic mass is 10.1. The van der Waals surface area contributed by atoms with Gasteiger partial charge in [-0.05, 0) is 0 Å². The summed E-state index contributed by atoms with van der Waals surface area (Å²) in [6.45, 7) is 0.845. The van der Waals surface area contributed by atoms with E-state index < -0.39 is 0 Å². The molecule has 0 amide bonds. The molecule has 0 spiro atoms. The fourth-order valence-electron chi connectivity index (χ4n) is 1.49. The summed E-state index contributed by atoms with van der Waals surface area (Å²) in [6.07, 6.45) is 2.13. The molecule has 3 rings (SSSR count). The van der Waals surface area contributed by atoms with Crippen molar-refractivity contribution in [2.45, 2.75) is 6.10 Å². The van der Waals surface area contributed by atoms with Crippen molar-refractivity contribution in [3.05, 3.63) is 30.0 Å². The molecule has 1 fully saturated rings. The molecule has 1 aromatic carbocycles. The Labute approximate surface area is 69.3 Å². The number of nitrogens with zero attached hydrogens (tertiary/aromatic N) is 1. The zero-order chi connectivity index (χ0) is 7.97. The summed E-state index contributed by atoms with van der Waals surface area (Å²) in [5.74, 6) is 0. The first kappa shape index (κ1) is 6.20. The molecule has 0 unspecified atom stereocenters. The topological polar surface area (TPSA) is 41.2 Å². The van der Waals surface area contributed by atoms with Gasteiger partial charge in [-0.1, -0.05) is 18.2 Å². The van der Waals surface area contributed by atoms with Crippen molar-refractivity contribution in [3.63, 3.8) is 0 Å². The Morgan fingerprint density at radius 1 is 1.50 bits per heavy atom. The number of aromatic nitrogens is 2. The Morgan fingerprint density at radius 3 is 3.25 bits per heavy atom. The van der Waals surface area contributed by atoms with Crippen LogP contribution in [0.4, 0.5) is 0 Å². The van der Waals surface area contributed by atoms with E-state index in [4.69, 9.17) is 4.74 Å². The summed E-state index contributed by atoms with van der Waals surface area (Å²) in [5.41, 5.74) is 2.34. The van der Waals surface area contributed by atoms with Crippen LogP contribution < -0.4 is 0 Å². The van der Waals surface area contributed by atoms with Crippen LogP contribution >= 0.6 is 0 Å². The zero-order valence-electron chi connectivity index (χ0n) is 6.45. The van der Waals surface area contributed by atoms with Gasteiger partial charge in [0, 0.05) is 10.9 Å². The molecular weight excluding hydrogens is 152 g/mol. The van der Waals surface area contributed by atoms with Crippen LogP contribution in [0.2, 0.25) is 0 Å². The highest BCUT2D eigenvalue weighted by Gasteiger charge is 2.26. The van der Waals surface area contributed by atoms with Gasteiger partial charge >= 0.3 is 0 Å². The van der Waals surface area contributed by atoms with E-state index >= 15 is 0 Å². The van der Waals surface area contributed by atoms with Crippen molar-refractivity contribution in [2.75, 3.05) is 6.61 Å². The average Bonchev–Trinajstić information content (AvgIpc) is 2.82. The number of hydrogen-bond donors (Lipinski definition) is 1. The summed E-state index contributed by atoms with van der Waals surface area (Å²) in [5, 5.41) is 8.13. The molecule has 1 aliphatic heterocycles. The lowest BCUT2D eigenvalue weighted by Gasteiger charge is -1.95. The molecule has 0 aliphatic carbocycles. The fourth-order valence-corrected chi connectivity index (χ4v) is 1.49. The Hall–Kier alpha value is -1.35. The van der Waals surface area contributed by atoms with Crippen LogP contribution in [0.1, 0.15) is 11.7 Å². The first-order valence-electron chi connectivity index (χ1n) is 3.99. The number of nitrogens with one attached hydrogen (secondary N) is 1. The van der Waals surface area contributed by atoms with E-state index in [0.717, 1.165) is 17.5 Å². The molecule has 2 aromatic rings. The van der Waals surface area contributed by atoms with Gasteiger partial charge in [0.1, 0.15) is 6.10 Å². The summed E-state index contributed by atoms with van der Waals surface area (Å²) in [4.78, 5) is 0. The summed E-state index contributed by atoms with van der Waals surface area (Å²) >= 11 is 0. The number of ether oxygens (including phenoxy) is 1. The number of benzene rings is 1. The first-order valence-corrected chi connectivity index (χ1v) is 3.99. The minimum atomic E-state index is 0.300. The number of H-pyrrole nitrogens is 1. The van der Waals surface area contributed by atoms with E-state index in [-0.39, 0.29) is 0 Å². The van der Waals surface area contributed by atoms with Gasteiger partial charge in [-0.2, -0.15) is 5.10 Å². The molecule has 0 bridgehead atoms. The van der Waals surface area contributed by atoms with Gasteiger partial charge in [0.2, 0.25) is 0 Å². The van der Waals surface area contributed by atoms with Crippen molar-refractivity contribution in [2.24, 2.45) is 0 Å². The van der Waals surface area contributed by atoms with Gasteiger partial charge in [0.05, 0.1) is 18.3 Å². The van der Waals surface area contributed by atoms with Crippen LogP contribution in [0.15, 0.2) is 24.4 Å². The number of epoxide rings is 1. The van der Waals surface area contributed by atoms with Crippen LogP contribution in [0, 0.1) is 0 Å². The Kier molecular flexibility index (Phi) is 1.07. The van der Waals surface area contributed by atoms with Crippen molar-refractivity contribution < 1.29 is 4.74 Å². The molecule has 1 atom stereocenters. The number of hydrogen-bond acceptors (Lipinski definition) is 2. The molecule has 0 saturated carbocycles. The van der Waals surface area contributed by atoms with E-state index in [1.165, 1.54) is 5.56 Å².